The quantitative estimate of drug-likeness (QED) is 0.0280. The summed E-state index contributed by atoms with van der Waals surface area (Å²) < 4.78 is 75.3. The van der Waals surface area contributed by atoms with E-state index in [1.807, 2.05) is 0 Å². The first kappa shape index (κ1) is 68.9. The summed E-state index contributed by atoms with van der Waals surface area (Å²) in [6.07, 6.45) is -7.22. The van der Waals surface area contributed by atoms with E-state index in [0.717, 1.165) is 22.5 Å². The molecule has 7 heterocycles. The number of imide groups is 1. The van der Waals surface area contributed by atoms with Crippen LogP contribution in [0.25, 0.3) is 22.3 Å². The number of hydrogen-bond donors (Lipinski definition) is 8. The van der Waals surface area contributed by atoms with E-state index in [9.17, 15) is 48.1 Å². The van der Waals surface area contributed by atoms with E-state index < -0.39 is 129 Å². The van der Waals surface area contributed by atoms with Crippen LogP contribution in [0.3, 0.4) is 0 Å². The molecule has 1 aliphatic carbocycles. The molecule has 1 saturated carbocycles. The number of anilines is 3. The van der Waals surface area contributed by atoms with Gasteiger partial charge in [0.1, 0.15) is 55.9 Å². The molecule has 4 aromatic heterocycles. The van der Waals surface area contributed by atoms with Crippen molar-refractivity contribution in [3.05, 3.63) is 55.1 Å². The maximum Gasteiger partial charge on any atom is 0.412 e. The van der Waals surface area contributed by atoms with Crippen LogP contribution in [0.5, 0.6) is 0 Å². The molecule has 33 nitrogen and oxygen atoms in total. The van der Waals surface area contributed by atoms with Crippen molar-refractivity contribution in [2.45, 2.75) is 115 Å². The number of Topliss-reactive ketones (excluding diaryl/α,β-unsaturated/α-hetero) is 1. The highest BCUT2D eigenvalue weighted by Crippen LogP contribution is 2.56. The lowest BCUT2D eigenvalue weighted by Crippen LogP contribution is -2.46. The summed E-state index contributed by atoms with van der Waals surface area (Å²) in [5.41, 5.74) is 12.3. The third-order valence-corrected chi connectivity index (χ3v) is 18.8. The van der Waals surface area contributed by atoms with Crippen molar-refractivity contribution in [3.8, 4) is 0 Å². The predicted octanol–water partition coefficient (Wildman–Crippen LogP) is 3.34. The fraction of sp³-hybridized carbons (Fsp3) is 0.547. The van der Waals surface area contributed by atoms with Gasteiger partial charge in [-0.15, -0.1) is 0 Å². The van der Waals surface area contributed by atoms with Crippen molar-refractivity contribution in [2.75, 3.05) is 62.9 Å². The van der Waals surface area contributed by atoms with Gasteiger partial charge in [0.15, 0.2) is 46.6 Å². The van der Waals surface area contributed by atoms with E-state index in [1.54, 1.807) is 45.0 Å². The lowest BCUT2D eigenvalue weighted by Gasteiger charge is -2.30. The molecule has 3 saturated heterocycles. The van der Waals surface area contributed by atoms with Crippen molar-refractivity contribution in [1.29, 1.82) is 0 Å². The number of likely N-dealkylation sites (N-methyl/N-ethyl adjacent to an activating group) is 1. The van der Waals surface area contributed by atoms with Crippen molar-refractivity contribution < 1.29 is 89.2 Å². The number of fused-ring (bicyclic) bond motifs is 4. The first-order chi connectivity index (χ1) is 43.7. The molecule has 4 aliphatic rings. The Kier molecular flexibility index (Phi) is 22.2. The number of nitrogens with zero attached hydrogens (tertiary/aromatic N) is 10. The van der Waals surface area contributed by atoms with Gasteiger partial charge in [-0.2, -0.15) is 0 Å². The molecule has 39 heteroatoms. The summed E-state index contributed by atoms with van der Waals surface area (Å²) in [5.74, 6) is -5.08. The number of primary amides is 1. The van der Waals surface area contributed by atoms with Crippen molar-refractivity contribution >= 4 is 124 Å². The average Bonchev–Trinajstić information content (AvgIpc) is 1.62. The SMILES string of the molecule is CC1CC(=O)N(CCC(=O)N[C@H](C(=O)C[C@@H](CCCNC(N)=O)C(=O)Nc2ccc(COC(=O)N(C)CCOC(=O)Nc3ncnc4c3ncn4[C@@H]3C[C@@H]4COP(O)(=S)O[C@H]5[C@@H](F)[C@H](n6cnc7c(N)ncnc76)O[C@@H]5COP(O)(=S)O[C@H]4[C@H]3F)cc2)C(C)C)C1=O. The number of nitrogens with one attached hydrogen (secondary N) is 4. The fourth-order valence-corrected chi connectivity index (χ4v) is 13.8. The summed E-state index contributed by atoms with van der Waals surface area (Å²) in [6, 6.07) is 3.42. The number of halogens is 2. The molecule has 5 aromatic rings. The zero-order valence-electron chi connectivity index (χ0n) is 49.9. The number of nitrogens with two attached hydrogens (primary N) is 2. The monoisotopic (exact) mass is 1360 g/mol. The molecule has 3 unspecified atom stereocenters. The molecule has 498 valence electrons. The molecule has 0 radical (unpaired) electrons. The second kappa shape index (κ2) is 29.7. The Morgan fingerprint density at radius 2 is 1.55 bits per heavy atom. The van der Waals surface area contributed by atoms with E-state index in [2.05, 4.69) is 51.2 Å². The van der Waals surface area contributed by atoms with E-state index >= 15 is 8.78 Å². The van der Waals surface area contributed by atoms with Crippen LogP contribution in [0.2, 0.25) is 0 Å². The maximum absolute atomic E-state index is 16.8. The molecule has 4 fully saturated rings. The minimum Gasteiger partial charge on any atom is -0.447 e. The number of ether oxygens (including phenoxy) is 3. The average molecular weight is 1370 g/mol. The van der Waals surface area contributed by atoms with E-state index in [1.165, 1.54) is 28.8 Å². The fourth-order valence-electron chi connectivity index (χ4n) is 10.9. The van der Waals surface area contributed by atoms with Crippen LogP contribution in [-0.4, -0.2) is 189 Å². The molecule has 0 spiro atoms. The molecule has 1 aromatic carbocycles. The standard InChI is InChI=1S/C53H68F2N16O17P2S2/c1-26(2)39(66-35(73)11-13-69-36(74)16-27(3)49(69)76)33(72)18-29(6-5-12-58-51(57)77)48(75)65-31-9-7-28(8-10-31)19-83-53(79)68(4)14-15-82-52(78)67-45-41-47(62-23-60-45)70(24-64-41)32-17-30-20-84-89(80,91)88-43-34(21-85-90(81,92)87-42(30)37(32)54)86-50(38(43)55)71-25-63-40-44(56)59-22-61-46(40)71/h7-10,22-27,29-30,32,34,37-39,42-43,50H,5-6,11-21H2,1-4H3,(H,65,75)(H,66,73)(H,80,91)(H,81,92)(H2,56,59,61)(H3,57,58,77)(H,60,62,67,78)/t27?,29-,30-,32-,34-,37+,38-,39+,42-,43-,50-,89?,90?/m1/s1. The molecule has 13 atom stereocenters. The molecule has 0 bridgehead atoms. The lowest BCUT2D eigenvalue weighted by atomic mass is 9.89. The molecule has 8 amide bonds. The number of hydrogen-bond acceptors (Lipinski definition) is 24. The van der Waals surface area contributed by atoms with Gasteiger partial charge in [0, 0.05) is 62.8 Å². The molecular weight excluding hydrogens is 1300 g/mol. The van der Waals surface area contributed by atoms with Crippen molar-refractivity contribution in [1.82, 2.24) is 59.5 Å². The normalized spacial score (nSPS) is 26.5. The van der Waals surface area contributed by atoms with Crippen LogP contribution in [-0.2, 0) is 86.5 Å². The minimum atomic E-state index is -4.35. The number of benzene rings is 1. The Hall–Kier alpha value is -7.44. The van der Waals surface area contributed by atoms with E-state index in [-0.39, 0.29) is 123 Å². The molecule has 10 N–H and O–H groups in total. The van der Waals surface area contributed by atoms with Gasteiger partial charge in [-0.1, -0.05) is 32.9 Å². The van der Waals surface area contributed by atoms with Crippen LogP contribution in [0.1, 0.15) is 77.1 Å². The third-order valence-electron chi connectivity index (χ3n) is 15.7. The second-order valence-electron chi connectivity index (χ2n) is 22.6. The van der Waals surface area contributed by atoms with Gasteiger partial charge in [0.05, 0.1) is 44.5 Å². The van der Waals surface area contributed by atoms with Gasteiger partial charge < -0.3 is 74.5 Å². The van der Waals surface area contributed by atoms with Gasteiger partial charge in [-0.25, -0.2) is 53.1 Å². The number of nitrogen functional groups attached to an aromatic ring is 1. The van der Waals surface area contributed by atoms with Gasteiger partial charge in [-0.3, -0.25) is 43.3 Å². The zero-order chi connectivity index (χ0) is 66.3. The highest BCUT2D eigenvalue weighted by molar-refractivity contribution is 8.07. The van der Waals surface area contributed by atoms with Crippen molar-refractivity contribution in [2.24, 2.45) is 29.4 Å². The molecule has 92 heavy (non-hydrogen) atoms. The number of ketones is 1. The van der Waals surface area contributed by atoms with Crippen LogP contribution in [0, 0.1) is 23.7 Å². The van der Waals surface area contributed by atoms with Gasteiger partial charge in [-0.05, 0) is 66.5 Å². The van der Waals surface area contributed by atoms with Gasteiger partial charge in [0.25, 0.3) is 0 Å². The Morgan fingerprint density at radius 3 is 2.25 bits per heavy atom. The topological polar surface area (TPSA) is 435 Å². The summed E-state index contributed by atoms with van der Waals surface area (Å²) in [7, 11) is 1.41. The molecule has 9 rings (SSSR count). The number of imidazole rings is 2. The number of aromatic nitrogens is 8. The number of likely N-dealkylation sites (tertiary alicyclic amines) is 1. The summed E-state index contributed by atoms with van der Waals surface area (Å²) >= 11 is 10.6. The molecule has 3 aliphatic heterocycles. The summed E-state index contributed by atoms with van der Waals surface area (Å²) in [5, 5.41) is 10.4. The first-order valence-corrected chi connectivity index (χ1v) is 34.1. The number of urea groups is 1. The van der Waals surface area contributed by atoms with E-state index in [0.29, 0.717) is 11.3 Å². The van der Waals surface area contributed by atoms with Gasteiger partial charge >= 0.3 is 31.7 Å². The zero-order valence-corrected chi connectivity index (χ0v) is 53.3. The van der Waals surface area contributed by atoms with Crippen LogP contribution in [0.15, 0.2) is 49.6 Å². The second-order valence-corrected chi connectivity index (χ2v) is 28.1. The largest absolute Gasteiger partial charge is 0.447 e. The van der Waals surface area contributed by atoms with Crippen LogP contribution >= 0.6 is 13.4 Å². The first-order valence-electron chi connectivity index (χ1n) is 28.9. The number of rotatable bonds is 22. The van der Waals surface area contributed by atoms with Crippen molar-refractivity contribution in [3.63, 3.8) is 0 Å². The number of alkyl halides is 2. The summed E-state index contributed by atoms with van der Waals surface area (Å²) in [4.78, 5) is 152. The van der Waals surface area contributed by atoms with Gasteiger partial charge in [0.2, 0.25) is 23.6 Å². The Morgan fingerprint density at radius 1 is 0.880 bits per heavy atom. The Bertz CT molecular complexity index is 3690. The molecular formula is C53H68F2N16O17P2S2. The number of amides is 8. The maximum atomic E-state index is 16.8. The predicted molar refractivity (Wildman–Crippen MR) is 325 cm³/mol. The minimum absolute atomic E-state index is 0.0133. The Balaban J connectivity index is 0.737. The lowest BCUT2D eigenvalue weighted by molar-refractivity contribution is -0.140. The van der Waals surface area contributed by atoms with E-state index in [4.69, 9.17) is 67.4 Å². The highest BCUT2D eigenvalue weighted by atomic mass is 32.5. The summed E-state index contributed by atoms with van der Waals surface area (Å²) in [6.45, 7) is -5.41. The number of carbonyl (C=O) groups excluding carboxylic acids is 8. The highest BCUT2D eigenvalue weighted by Gasteiger charge is 2.53. The number of carbonyl (C=O) groups is 8. The Labute approximate surface area is 533 Å². The third kappa shape index (κ3) is 16.7. The van der Waals surface area contributed by atoms with Crippen LogP contribution in [0.4, 0.5) is 40.5 Å². The van der Waals surface area contributed by atoms with Crippen LogP contribution < -0.4 is 32.7 Å². The smallest absolute Gasteiger partial charge is 0.412 e.